The molecule has 0 aromatic heterocycles. The summed E-state index contributed by atoms with van der Waals surface area (Å²) >= 11 is 0. The quantitative estimate of drug-likeness (QED) is 0.464. The van der Waals surface area contributed by atoms with Gasteiger partial charge in [-0.3, -0.25) is 4.79 Å². The lowest BCUT2D eigenvalue weighted by Crippen LogP contribution is -2.51. The molecule has 4 rings (SSSR count). The number of hydrogen-bond donors (Lipinski definition) is 3. The minimum absolute atomic E-state index is 0.0274. The van der Waals surface area contributed by atoms with Crippen LogP contribution >= 0.6 is 0 Å². The molecule has 3 aromatic rings. The average Bonchev–Trinajstić information content (AvgIpc) is 2.89. The summed E-state index contributed by atoms with van der Waals surface area (Å²) < 4.78 is 0. The first-order valence-electron chi connectivity index (χ1n) is 11.9. The van der Waals surface area contributed by atoms with Gasteiger partial charge in [0, 0.05) is 30.7 Å². The van der Waals surface area contributed by atoms with Gasteiger partial charge in [-0.05, 0) is 48.1 Å². The van der Waals surface area contributed by atoms with E-state index < -0.39 is 0 Å². The van der Waals surface area contributed by atoms with Crippen molar-refractivity contribution in [3.8, 4) is 0 Å². The largest absolute Gasteiger partial charge is 0.399 e. The van der Waals surface area contributed by atoms with Crippen LogP contribution in [0.4, 0.5) is 10.5 Å². The third kappa shape index (κ3) is 5.95. The van der Waals surface area contributed by atoms with Gasteiger partial charge in [0.2, 0.25) is 5.91 Å². The predicted octanol–water partition coefficient (Wildman–Crippen LogP) is 4.28. The molecule has 0 radical (unpaired) electrons. The zero-order chi connectivity index (χ0) is 23.8. The number of nitrogens with one attached hydrogen (secondary N) is 2. The SMILES string of the molecule is Nc1ccc(CNC(=O)NCC(=O)N2CCCCC2C(c2ccccc2)c2ccccc2)cc1. The van der Waals surface area contributed by atoms with E-state index in [-0.39, 0.29) is 30.4 Å². The molecule has 4 N–H and O–H groups in total. The molecular weight excluding hydrogens is 424 g/mol. The van der Waals surface area contributed by atoms with Crippen LogP contribution in [-0.2, 0) is 11.3 Å². The van der Waals surface area contributed by atoms with Crippen molar-refractivity contribution in [2.75, 3.05) is 18.8 Å². The van der Waals surface area contributed by atoms with Crippen LogP contribution < -0.4 is 16.4 Å². The summed E-state index contributed by atoms with van der Waals surface area (Å²) in [4.78, 5) is 27.5. The molecule has 176 valence electrons. The maximum absolute atomic E-state index is 13.3. The predicted molar refractivity (Wildman–Crippen MR) is 135 cm³/mol. The van der Waals surface area contributed by atoms with Crippen molar-refractivity contribution in [3.63, 3.8) is 0 Å². The molecule has 1 atom stereocenters. The second kappa shape index (κ2) is 11.4. The Labute approximate surface area is 201 Å². The maximum atomic E-state index is 13.3. The van der Waals surface area contributed by atoms with Crippen molar-refractivity contribution in [1.29, 1.82) is 0 Å². The molecule has 1 unspecified atom stereocenters. The highest BCUT2D eigenvalue weighted by Gasteiger charge is 2.34. The Balaban J connectivity index is 1.42. The molecule has 1 saturated heterocycles. The first-order chi connectivity index (χ1) is 16.6. The standard InChI is InChI=1S/C28H32N4O2/c29-24-16-14-21(15-17-24)19-30-28(34)31-20-26(33)32-18-8-7-13-25(32)27(22-9-3-1-4-10-22)23-11-5-2-6-12-23/h1-6,9-12,14-17,25,27H,7-8,13,18-20,29H2,(H2,30,31,34). The number of piperidine rings is 1. The molecule has 0 saturated carbocycles. The average molecular weight is 457 g/mol. The molecule has 1 fully saturated rings. The molecule has 34 heavy (non-hydrogen) atoms. The van der Waals surface area contributed by atoms with Gasteiger partial charge in [0.25, 0.3) is 0 Å². The summed E-state index contributed by atoms with van der Waals surface area (Å²) in [5.41, 5.74) is 9.73. The molecule has 1 aliphatic heterocycles. The first-order valence-corrected chi connectivity index (χ1v) is 11.9. The fraction of sp³-hybridized carbons (Fsp3) is 0.286. The number of rotatable bonds is 7. The van der Waals surface area contributed by atoms with E-state index in [0.717, 1.165) is 24.8 Å². The van der Waals surface area contributed by atoms with Crippen LogP contribution in [0.5, 0.6) is 0 Å². The number of nitrogen functional groups attached to an aromatic ring is 1. The highest BCUT2D eigenvalue weighted by Crippen LogP contribution is 2.35. The van der Waals surface area contributed by atoms with Crippen molar-refractivity contribution in [2.45, 2.75) is 37.8 Å². The summed E-state index contributed by atoms with van der Waals surface area (Å²) in [6.45, 7) is 1.05. The Bertz CT molecular complexity index is 1030. The number of amides is 3. The summed E-state index contributed by atoms with van der Waals surface area (Å²) in [6.07, 6.45) is 2.99. The number of hydrogen-bond acceptors (Lipinski definition) is 3. The molecule has 3 aromatic carbocycles. The first kappa shape index (κ1) is 23.4. The number of nitrogens with two attached hydrogens (primary N) is 1. The van der Waals surface area contributed by atoms with Crippen LogP contribution in [0.3, 0.4) is 0 Å². The zero-order valence-electron chi connectivity index (χ0n) is 19.3. The molecule has 1 aliphatic rings. The van der Waals surface area contributed by atoms with Gasteiger partial charge in [-0.25, -0.2) is 4.79 Å². The smallest absolute Gasteiger partial charge is 0.315 e. The number of likely N-dealkylation sites (tertiary alicyclic amines) is 1. The van der Waals surface area contributed by atoms with E-state index in [9.17, 15) is 9.59 Å². The van der Waals surface area contributed by atoms with Crippen molar-refractivity contribution in [2.24, 2.45) is 0 Å². The van der Waals surface area contributed by atoms with Gasteiger partial charge in [0.15, 0.2) is 0 Å². The molecule has 6 heteroatoms. The molecular formula is C28H32N4O2. The van der Waals surface area contributed by atoms with Gasteiger partial charge in [0.05, 0.1) is 6.54 Å². The lowest BCUT2D eigenvalue weighted by atomic mass is 9.80. The number of anilines is 1. The van der Waals surface area contributed by atoms with Gasteiger partial charge in [0.1, 0.15) is 0 Å². The maximum Gasteiger partial charge on any atom is 0.315 e. The van der Waals surface area contributed by atoms with Gasteiger partial charge >= 0.3 is 6.03 Å². The molecule has 0 aliphatic carbocycles. The number of nitrogens with zero attached hydrogens (tertiary/aromatic N) is 1. The Morgan fingerprint density at radius 3 is 2.09 bits per heavy atom. The number of carbonyl (C=O) groups excluding carboxylic acids is 2. The number of benzene rings is 3. The molecule has 0 bridgehead atoms. The van der Waals surface area contributed by atoms with Crippen LogP contribution in [0.25, 0.3) is 0 Å². The Morgan fingerprint density at radius 1 is 0.853 bits per heavy atom. The minimum atomic E-state index is -0.360. The third-order valence-electron chi connectivity index (χ3n) is 6.40. The van der Waals surface area contributed by atoms with E-state index >= 15 is 0 Å². The van der Waals surface area contributed by atoms with E-state index in [4.69, 9.17) is 5.73 Å². The van der Waals surface area contributed by atoms with Gasteiger partial charge in [-0.2, -0.15) is 0 Å². The van der Waals surface area contributed by atoms with Crippen LogP contribution in [-0.4, -0.2) is 36.0 Å². The summed E-state index contributed by atoms with van der Waals surface area (Å²) in [6, 6.07) is 27.8. The lowest BCUT2D eigenvalue weighted by Gasteiger charge is -2.41. The van der Waals surface area contributed by atoms with Gasteiger partial charge in [-0.1, -0.05) is 72.8 Å². The topological polar surface area (TPSA) is 87.5 Å². The minimum Gasteiger partial charge on any atom is -0.399 e. The second-order valence-electron chi connectivity index (χ2n) is 8.73. The van der Waals surface area contributed by atoms with E-state index in [1.54, 1.807) is 12.1 Å². The van der Waals surface area contributed by atoms with E-state index in [2.05, 4.69) is 34.9 Å². The van der Waals surface area contributed by atoms with Crippen LogP contribution in [0.1, 0.15) is 41.9 Å². The van der Waals surface area contributed by atoms with Crippen LogP contribution in [0.2, 0.25) is 0 Å². The Kier molecular flexibility index (Phi) is 7.81. The normalized spacial score (nSPS) is 15.7. The van der Waals surface area contributed by atoms with E-state index in [0.29, 0.717) is 18.8 Å². The van der Waals surface area contributed by atoms with Crippen LogP contribution in [0, 0.1) is 0 Å². The summed E-state index contributed by atoms with van der Waals surface area (Å²) in [7, 11) is 0. The van der Waals surface area contributed by atoms with E-state index in [1.165, 1.54) is 11.1 Å². The Morgan fingerprint density at radius 2 is 1.47 bits per heavy atom. The Hall–Kier alpha value is -3.80. The highest BCUT2D eigenvalue weighted by atomic mass is 16.2. The molecule has 0 spiro atoms. The molecule has 3 amide bonds. The fourth-order valence-electron chi connectivity index (χ4n) is 4.71. The number of carbonyl (C=O) groups is 2. The van der Waals surface area contributed by atoms with E-state index in [1.807, 2.05) is 53.4 Å². The second-order valence-corrected chi connectivity index (χ2v) is 8.73. The van der Waals surface area contributed by atoms with Crippen molar-refractivity contribution in [1.82, 2.24) is 15.5 Å². The van der Waals surface area contributed by atoms with Crippen molar-refractivity contribution < 1.29 is 9.59 Å². The zero-order valence-corrected chi connectivity index (χ0v) is 19.3. The van der Waals surface area contributed by atoms with Crippen molar-refractivity contribution in [3.05, 3.63) is 102 Å². The molecule has 6 nitrogen and oxygen atoms in total. The molecule has 1 heterocycles. The summed E-state index contributed by atoms with van der Waals surface area (Å²) in [5, 5.41) is 5.54. The monoisotopic (exact) mass is 456 g/mol. The van der Waals surface area contributed by atoms with Gasteiger partial charge < -0.3 is 21.3 Å². The number of urea groups is 1. The highest BCUT2D eigenvalue weighted by molar-refractivity contribution is 5.84. The van der Waals surface area contributed by atoms with Crippen molar-refractivity contribution >= 4 is 17.6 Å². The lowest BCUT2D eigenvalue weighted by molar-refractivity contribution is -0.134. The van der Waals surface area contributed by atoms with Crippen LogP contribution in [0.15, 0.2) is 84.9 Å². The summed E-state index contributed by atoms with van der Waals surface area (Å²) in [5.74, 6) is 0.0372. The third-order valence-corrected chi connectivity index (χ3v) is 6.40. The van der Waals surface area contributed by atoms with Gasteiger partial charge in [-0.15, -0.1) is 0 Å². The fourth-order valence-corrected chi connectivity index (χ4v) is 4.71.